The Morgan fingerprint density at radius 2 is 1.66 bits per heavy atom. The van der Waals surface area contributed by atoms with Gasteiger partial charge in [0, 0.05) is 31.1 Å². The van der Waals surface area contributed by atoms with E-state index in [2.05, 4.69) is 6.07 Å². The fourth-order valence-corrected chi connectivity index (χ4v) is 7.71. The Morgan fingerprint density at radius 3 is 2.52 bits per heavy atom. The minimum absolute atomic E-state index is 0.142. The fraction of sp³-hybridized carbons (Fsp3) is 0.286. The van der Waals surface area contributed by atoms with Crippen molar-refractivity contribution in [1.29, 1.82) is 0 Å². The summed E-state index contributed by atoms with van der Waals surface area (Å²) in [4.78, 5) is 16.8. The van der Waals surface area contributed by atoms with Crippen molar-refractivity contribution in [2.45, 2.75) is 30.8 Å². The smallest absolute Gasteiger partial charge is 0.265 e. The van der Waals surface area contributed by atoms with E-state index in [4.69, 9.17) is 0 Å². The third kappa shape index (κ3) is 3.34. The van der Waals surface area contributed by atoms with E-state index in [9.17, 15) is 13.2 Å². The molecule has 0 spiro atoms. The van der Waals surface area contributed by atoms with E-state index in [0.717, 1.165) is 12.0 Å². The largest absolute Gasteiger partial charge is 0.333 e. The van der Waals surface area contributed by atoms with Crippen LogP contribution in [0.25, 0.3) is 0 Å². The first-order chi connectivity index (χ1) is 14.0. The van der Waals surface area contributed by atoms with Gasteiger partial charge in [0.25, 0.3) is 5.91 Å². The van der Waals surface area contributed by atoms with Crippen molar-refractivity contribution < 1.29 is 13.2 Å². The Kier molecular flexibility index (Phi) is 4.82. The lowest BCUT2D eigenvalue weighted by molar-refractivity contribution is 0.0737. The molecule has 2 aromatic heterocycles. The van der Waals surface area contributed by atoms with Crippen molar-refractivity contribution in [2.24, 2.45) is 0 Å². The Balaban J connectivity index is 1.42. The number of hydrogen-bond acceptors (Lipinski definition) is 5. The number of nitrogens with zero attached hydrogens (tertiary/aromatic N) is 2. The summed E-state index contributed by atoms with van der Waals surface area (Å²) in [6.45, 7) is 1.96. The molecular weight excluding hydrogens is 424 g/mol. The zero-order valence-corrected chi connectivity index (χ0v) is 18.2. The lowest BCUT2D eigenvalue weighted by atomic mass is 10.0. The summed E-state index contributed by atoms with van der Waals surface area (Å²) < 4.78 is 28.3. The highest BCUT2D eigenvalue weighted by atomic mass is 32.2. The van der Waals surface area contributed by atoms with Gasteiger partial charge in [-0.1, -0.05) is 24.3 Å². The molecule has 0 N–H and O–H groups in total. The molecule has 2 aliphatic heterocycles. The number of hydrogen-bond donors (Lipinski definition) is 0. The summed E-state index contributed by atoms with van der Waals surface area (Å²) in [5.41, 5.74) is 3.40. The van der Waals surface area contributed by atoms with Crippen LogP contribution < -0.4 is 0 Å². The predicted octanol–water partition coefficient (Wildman–Crippen LogP) is 3.76. The summed E-state index contributed by atoms with van der Waals surface area (Å²) in [7, 11) is -3.73. The average molecular weight is 445 g/mol. The minimum atomic E-state index is -3.73. The van der Waals surface area contributed by atoms with Crippen LogP contribution >= 0.6 is 22.7 Å². The van der Waals surface area contributed by atoms with Crippen molar-refractivity contribution >= 4 is 38.6 Å². The summed E-state index contributed by atoms with van der Waals surface area (Å²) in [5.74, 6) is -0.187. The number of sulfonamides is 1. The molecule has 1 aromatic carbocycles. The van der Waals surface area contributed by atoms with Crippen LogP contribution in [0.4, 0.5) is 0 Å². The average Bonchev–Trinajstić information content (AvgIpc) is 3.42. The topological polar surface area (TPSA) is 57.7 Å². The molecule has 0 fully saturated rings. The lowest BCUT2D eigenvalue weighted by Gasteiger charge is -2.29. The van der Waals surface area contributed by atoms with Crippen LogP contribution in [0.2, 0.25) is 0 Å². The first kappa shape index (κ1) is 19.0. The third-order valence-electron chi connectivity index (χ3n) is 5.63. The second kappa shape index (κ2) is 7.36. The maximum atomic E-state index is 13.4. The summed E-state index contributed by atoms with van der Waals surface area (Å²) in [6.07, 6.45) is 1.52. The number of rotatable bonds is 3. The van der Waals surface area contributed by atoms with Crippen LogP contribution in [0.5, 0.6) is 0 Å². The molecule has 1 amide bonds. The molecule has 5 nitrogen and oxygen atoms in total. The summed E-state index contributed by atoms with van der Waals surface area (Å²) in [5, 5.41) is 3.76. The molecule has 4 heterocycles. The maximum absolute atomic E-state index is 13.4. The molecule has 5 rings (SSSR count). The molecular formula is C21H20N2O3S3. The van der Waals surface area contributed by atoms with E-state index in [0.29, 0.717) is 37.5 Å². The zero-order valence-electron chi connectivity index (χ0n) is 15.7. The predicted molar refractivity (Wildman–Crippen MR) is 115 cm³/mol. The Bertz CT molecular complexity index is 1180. The summed E-state index contributed by atoms with van der Waals surface area (Å²) >= 11 is 2.94. The second-order valence-electron chi connectivity index (χ2n) is 7.32. The van der Waals surface area contributed by atoms with Gasteiger partial charge in [0.15, 0.2) is 0 Å². The monoisotopic (exact) mass is 444 g/mol. The van der Waals surface area contributed by atoms with Crippen molar-refractivity contribution in [1.82, 2.24) is 9.21 Å². The Labute approximate surface area is 178 Å². The minimum Gasteiger partial charge on any atom is -0.333 e. The van der Waals surface area contributed by atoms with E-state index < -0.39 is 10.0 Å². The van der Waals surface area contributed by atoms with Crippen LogP contribution in [0.3, 0.4) is 0 Å². The van der Waals surface area contributed by atoms with E-state index in [1.807, 2.05) is 29.6 Å². The van der Waals surface area contributed by atoms with Crippen molar-refractivity contribution in [2.75, 3.05) is 13.1 Å². The molecule has 0 saturated heterocycles. The number of carbonyl (C=O) groups excluding carboxylic acids is 1. The first-order valence-electron chi connectivity index (χ1n) is 9.53. The van der Waals surface area contributed by atoms with E-state index in [1.165, 1.54) is 31.6 Å². The van der Waals surface area contributed by atoms with Crippen molar-refractivity contribution in [3.8, 4) is 0 Å². The standard InChI is InChI=1S/C21H20N2O3S3/c24-21(22-9-6-18-17(13-22)7-11-27-18)20-19(8-12-28-20)29(25,26)23-10-5-15-3-1-2-4-16(15)14-23/h1-4,7-8,11-12H,5-6,9-10,13-14H2. The van der Waals surface area contributed by atoms with E-state index in [-0.39, 0.29) is 10.8 Å². The highest BCUT2D eigenvalue weighted by Crippen LogP contribution is 2.32. The normalized spacial score (nSPS) is 17.0. The highest BCUT2D eigenvalue weighted by molar-refractivity contribution is 7.89. The van der Waals surface area contributed by atoms with Gasteiger partial charge in [-0.3, -0.25) is 4.79 Å². The number of fused-ring (bicyclic) bond motifs is 2. The van der Waals surface area contributed by atoms with Gasteiger partial charge in [-0.25, -0.2) is 8.42 Å². The van der Waals surface area contributed by atoms with Crippen molar-refractivity contribution in [3.63, 3.8) is 0 Å². The quantitative estimate of drug-likeness (QED) is 0.618. The first-order valence-corrected chi connectivity index (χ1v) is 12.7. The molecule has 0 bridgehead atoms. The highest BCUT2D eigenvalue weighted by Gasteiger charge is 2.34. The molecule has 0 atom stereocenters. The van der Waals surface area contributed by atoms with Crippen LogP contribution in [0.15, 0.2) is 52.1 Å². The molecule has 150 valence electrons. The molecule has 0 aliphatic carbocycles. The van der Waals surface area contributed by atoms with Gasteiger partial charge in [-0.2, -0.15) is 4.31 Å². The van der Waals surface area contributed by atoms with Gasteiger partial charge in [0.05, 0.1) is 0 Å². The summed E-state index contributed by atoms with van der Waals surface area (Å²) in [6, 6.07) is 11.6. The molecule has 0 saturated carbocycles. The number of thiophene rings is 2. The van der Waals surface area contributed by atoms with Gasteiger partial charge in [-0.15, -0.1) is 22.7 Å². The van der Waals surface area contributed by atoms with Crippen LogP contribution in [-0.2, 0) is 36.0 Å². The SMILES string of the molecule is O=C(c1sccc1S(=O)(=O)N1CCc2ccccc2C1)N1CCc2sccc2C1. The molecule has 0 radical (unpaired) electrons. The lowest BCUT2D eigenvalue weighted by Crippen LogP contribution is -2.38. The van der Waals surface area contributed by atoms with Crippen LogP contribution in [0.1, 0.15) is 31.2 Å². The zero-order chi connectivity index (χ0) is 20.0. The van der Waals surface area contributed by atoms with Gasteiger partial charge in [0.1, 0.15) is 9.77 Å². The van der Waals surface area contributed by atoms with Crippen LogP contribution in [-0.4, -0.2) is 36.6 Å². The molecule has 8 heteroatoms. The third-order valence-corrected chi connectivity index (χ3v) is 9.57. The molecule has 3 aromatic rings. The van der Waals surface area contributed by atoms with Crippen molar-refractivity contribution in [3.05, 3.63) is 73.6 Å². The number of amides is 1. The van der Waals surface area contributed by atoms with Gasteiger partial charge < -0.3 is 4.90 Å². The second-order valence-corrected chi connectivity index (χ2v) is 11.1. The molecule has 29 heavy (non-hydrogen) atoms. The molecule has 2 aliphatic rings. The van der Waals surface area contributed by atoms with Gasteiger partial charge >= 0.3 is 0 Å². The van der Waals surface area contributed by atoms with E-state index in [1.54, 1.807) is 27.7 Å². The fourth-order valence-electron chi connectivity index (χ4n) is 4.04. The Morgan fingerprint density at radius 1 is 0.862 bits per heavy atom. The van der Waals surface area contributed by atoms with Crippen LogP contribution in [0, 0.1) is 0 Å². The maximum Gasteiger partial charge on any atom is 0.265 e. The number of benzene rings is 1. The molecule has 0 unspecified atom stereocenters. The number of carbonyl (C=O) groups is 1. The van der Waals surface area contributed by atoms with Gasteiger partial charge in [0.2, 0.25) is 10.0 Å². The van der Waals surface area contributed by atoms with E-state index >= 15 is 0 Å². The Hall–Kier alpha value is -2.00. The van der Waals surface area contributed by atoms with Gasteiger partial charge in [-0.05, 0) is 52.4 Å².